The van der Waals surface area contributed by atoms with Gasteiger partial charge in [-0.2, -0.15) is 4.98 Å². The Morgan fingerprint density at radius 1 is 1.20 bits per heavy atom. The van der Waals surface area contributed by atoms with Gasteiger partial charge in [-0.25, -0.2) is 0 Å². The Bertz CT molecular complexity index is 1070. The second-order valence-electron chi connectivity index (χ2n) is 7.51. The van der Waals surface area contributed by atoms with Crippen LogP contribution in [0.4, 0.5) is 0 Å². The van der Waals surface area contributed by atoms with Gasteiger partial charge < -0.3 is 13.5 Å². The van der Waals surface area contributed by atoms with E-state index in [0.29, 0.717) is 23.5 Å². The summed E-state index contributed by atoms with van der Waals surface area (Å²) in [7, 11) is 0. The molecular formula is C21H23N5O2S2. The highest BCUT2D eigenvalue weighted by Crippen LogP contribution is 2.38. The van der Waals surface area contributed by atoms with Crippen LogP contribution in [0.25, 0.3) is 11.6 Å². The van der Waals surface area contributed by atoms with Crippen LogP contribution in [0.1, 0.15) is 66.9 Å². The van der Waals surface area contributed by atoms with Crippen LogP contribution in [0.3, 0.4) is 0 Å². The van der Waals surface area contributed by atoms with Gasteiger partial charge in [0.05, 0.1) is 11.5 Å². The maximum atomic E-state index is 5.50. The third-order valence-corrected chi connectivity index (χ3v) is 7.32. The van der Waals surface area contributed by atoms with E-state index in [2.05, 4.69) is 49.3 Å². The molecule has 30 heavy (non-hydrogen) atoms. The Morgan fingerprint density at radius 2 is 2.10 bits per heavy atom. The molecule has 0 saturated heterocycles. The monoisotopic (exact) mass is 441 g/mol. The van der Waals surface area contributed by atoms with Crippen LogP contribution in [0.2, 0.25) is 0 Å². The number of nitrogens with zero attached hydrogens (tertiary/aromatic N) is 5. The summed E-state index contributed by atoms with van der Waals surface area (Å²) in [5, 5.41) is 16.2. The molecular weight excluding hydrogens is 418 g/mol. The number of thioether (sulfide) groups is 1. The topological polar surface area (TPSA) is 82.8 Å². The summed E-state index contributed by atoms with van der Waals surface area (Å²) in [6.07, 6.45) is 8.62. The fourth-order valence-electron chi connectivity index (χ4n) is 3.90. The number of hydrogen-bond donors (Lipinski definition) is 0. The van der Waals surface area contributed by atoms with E-state index in [1.54, 1.807) is 29.4 Å². The van der Waals surface area contributed by atoms with Gasteiger partial charge >= 0.3 is 0 Å². The van der Waals surface area contributed by atoms with E-state index in [-0.39, 0.29) is 5.25 Å². The van der Waals surface area contributed by atoms with Crippen LogP contribution in [0, 0.1) is 0 Å². The first-order chi connectivity index (χ1) is 14.8. The quantitative estimate of drug-likeness (QED) is 0.329. The van der Waals surface area contributed by atoms with E-state index < -0.39 is 0 Å². The van der Waals surface area contributed by atoms with Gasteiger partial charge in [-0.1, -0.05) is 42.2 Å². The first-order valence-electron chi connectivity index (χ1n) is 10.3. The van der Waals surface area contributed by atoms with Crippen molar-refractivity contribution in [3.8, 4) is 11.6 Å². The fourth-order valence-corrected chi connectivity index (χ4v) is 5.57. The lowest BCUT2D eigenvalue weighted by Crippen LogP contribution is -2.17. The lowest BCUT2D eigenvalue weighted by atomic mass is 9.95. The van der Waals surface area contributed by atoms with Crippen LogP contribution in [-0.2, 0) is 6.42 Å². The number of hydrogen-bond acceptors (Lipinski definition) is 8. The summed E-state index contributed by atoms with van der Waals surface area (Å²) in [6.45, 7) is 2.06. The zero-order valence-corrected chi connectivity index (χ0v) is 18.4. The largest absolute Gasteiger partial charge is 0.461 e. The zero-order valence-electron chi connectivity index (χ0n) is 16.7. The van der Waals surface area contributed by atoms with Crippen molar-refractivity contribution in [2.75, 3.05) is 0 Å². The Hall–Kier alpha value is -2.39. The van der Waals surface area contributed by atoms with Gasteiger partial charge in [-0.05, 0) is 43.3 Å². The minimum absolute atomic E-state index is 0.0395. The first kappa shape index (κ1) is 19.6. The Labute approximate surface area is 182 Å². The molecule has 0 aromatic carbocycles. The Morgan fingerprint density at radius 3 is 2.87 bits per heavy atom. The number of rotatable bonds is 7. The van der Waals surface area contributed by atoms with Crippen molar-refractivity contribution in [3.63, 3.8) is 0 Å². The lowest BCUT2D eigenvalue weighted by Gasteiger charge is -2.25. The third-order valence-electron chi connectivity index (χ3n) is 5.40. The van der Waals surface area contributed by atoms with Gasteiger partial charge in [-0.15, -0.1) is 21.5 Å². The predicted molar refractivity (Wildman–Crippen MR) is 116 cm³/mol. The van der Waals surface area contributed by atoms with Crippen LogP contribution in [0.15, 0.2) is 50.0 Å². The maximum Gasteiger partial charge on any atom is 0.240 e. The van der Waals surface area contributed by atoms with Crippen molar-refractivity contribution < 1.29 is 8.94 Å². The average molecular weight is 442 g/mol. The SMILES string of the molecule is C[C@H](Sc1nnc(Cc2cccs2)n1C1CCCCC1)c1nc(-c2ccco2)no1. The normalized spacial score (nSPS) is 16.2. The molecule has 4 aromatic rings. The molecule has 4 heterocycles. The van der Waals surface area contributed by atoms with Crippen LogP contribution < -0.4 is 0 Å². The molecule has 4 aromatic heterocycles. The minimum atomic E-state index is -0.0395. The second kappa shape index (κ2) is 8.77. The first-order valence-corrected chi connectivity index (χ1v) is 12.0. The molecule has 1 atom stereocenters. The van der Waals surface area contributed by atoms with Gasteiger partial charge in [-0.3, -0.25) is 0 Å². The molecule has 0 aliphatic heterocycles. The van der Waals surface area contributed by atoms with Crippen molar-refractivity contribution in [3.05, 3.63) is 52.5 Å². The highest BCUT2D eigenvalue weighted by atomic mass is 32.2. The van der Waals surface area contributed by atoms with Gasteiger partial charge in [0.25, 0.3) is 0 Å². The fraction of sp³-hybridized carbons (Fsp3) is 0.429. The van der Waals surface area contributed by atoms with Crippen molar-refractivity contribution in [2.24, 2.45) is 0 Å². The number of aromatic nitrogens is 5. The lowest BCUT2D eigenvalue weighted by molar-refractivity contribution is 0.330. The van der Waals surface area contributed by atoms with Gasteiger partial charge in [0, 0.05) is 17.3 Å². The smallest absolute Gasteiger partial charge is 0.240 e. The molecule has 9 heteroatoms. The molecule has 1 fully saturated rings. The van der Waals surface area contributed by atoms with Gasteiger partial charge in [0.2, 0.25) is 11.7 Å². The molecule has 1 aliphatic carbocycles. The zero-order chi connectivity index (χ0) is 20.3. The van der Waals surface area contributed by atoms with Crippen LogP contribution >= 0.6 is 23.1 Å². The molecule has 0 amide bonds. The summed E-state index contributed by atoms with van der Waals surface area (Å²) >= 11 is 3.39. The summed E-state index contributed by atoms with van der Waals surface area (Å²) in [6, 6.07) is 8.34. The van der Waals surface area contributed by atoms with Crippen LogP contribution in [0.5, 0.6) is 0 Å². The Kier molecular flexibility index (Phi) is 5.72. The maximum absolute atomic E-state index is 5.50. The molecule has 1 aliphatic rings. The molecule has 0 bridgehead atoms. The Balaban J connectivity index is 1.39. The van der Waals surface area contributed by atoms with Crippen LogP contribution in [-0.4, -0.2) is 24.9 Å². The standard InChI is InChI=1S/C21H23N5O2S2/c1-14(20-22-19(25-28-20)17-10-5-11-27-17)30-21-24-23-18(13-16-9-6-12-29-16)26(21)15-7-3-2-4-8-15/h5-6,9-12,14-15H,2-4,7-8,13H2,1H3/t14-/m0/s1. The van der Waals surface area contributed by atoms with Crippen molar-refractivity contribution in [1.29, 1.82) is 0 Å². The summed E-state index contributed by atoms with van der Waals surface area (Å²) < 4.78 is 13.2. The van der Waals surface area contributed by atoms with Gasteiger partial charge in [0.15, 0.2) is 10.9 Å². The molecule has 0 N–H and O–H groups in total. The molecule has 5 rings (SSSR count). The summed E-state index contributed by atoms with van der Waals surface area (Å²) in [4.78, 5) is 5.82. The van der Waals surface area contributed by atoms with E-state index in [1.165, 1.54) is 37.0 Å². The van der Waals surface area contributed by atoms with E-state index in [1.807, 2.05) is 12.1 Å². The average Bonchev–Trinajstić information content (AvgIpc) is 3.56. The van der Waals surface area contributed by atoms with E-state index in [4.69, 9.17) is 8.94 Å². The van der Waals surface area contributed by atoms with E-state index in [9.17, 15) is 0 Å². The van der Waals surface area contributed by atoms with E-state index >= 15 is 0 Å². The van der Waals surface area contributed by atoms with Crippen molar-refractivity contribution in [2.45, 2.75) is 61.9 Å². The summed E-state index contributed by atoms with van der Waals surface area (Å²) in [5.74, 6) is 2.67. The molecule has 7 nitrogen and oxygen atoms in total. The molecule has 156 valence electrons. The molecule has 0 spiro atoms. The molecule has 0 radical (unpaired) electrons. The second-order valence-corrected chi connectivity index (χ2v) is 9.85. The van der Waals surface area contributed by atoms with Crippen molar-refractivity contribution in [1.82, 2.24) is 24.9 Å². The van der Waals surface area contributed by atoms with Crippen molar-refractivity contribution >= 4 is 23.1 Å². The summed E-state index contributed by atoms with van der Waals surface area (Å²) in [5.41, 5.74) is 0. The highest BCUT2D eigenvalue weighted by molar-refractivity contribution is 7.99. The van der Waals surface area contributed by atoms with Gasteiger partial charge in [0.1, 0.15) is 5.82 Å². The molecule has 1 saturated carbocycles. The minimum Gasteiger partial charge on any atom is -0.461 e. The highest BCUT2D eigenvalue weighted by Gasteiger charge is 2.26. The number of thiophene rings is 1. The predicted octanol–water partition coefficient (Wildman–Crippen LogP) is 5.93. The third kappa shape index (κ3) is 4.09. The van der Waals surface area contributed by atoms with E-state index in [0.717, 1.165) is 17.4 Å². The molecule has 0 unspecified atom stereocenters. The number of furan rings is 1.